The highest BCUT2D eigenvalue weighted by Gasteiger charge is 2.17. The van der Waals surface area contributed by atoms with E-state index in [0.29, 0.717) is 6.04 Å². The minimum Gasteiger partial charge on any atom is -0.374 e. The summed E-state index contributed by atoms with van der Waals surface area (Å²) in [6.07, 6.45) is 2.18. The molecule has 1 aromatic carbocycles. The van der Waals surface area contributed by atoms with Gasteiger partial charge < -0.3 is 10.1 Å². The fourth-order valence-corrected chi connectivity index (χ4v) is 3.32. The van der Waals surface area contributed by atoms with Gasteiger partial charge in [0.2, 0.25) is 0 Å². The van der Waals surface area contributed by atoms with Crippen LogP contribution < -0.4 is 5.32 Å². The standard InChI is InChI=1S/C18H27NOS/c1-5-10-19-15(12-20-18(2,3)4)11-14-13-21-17-9-7-6-8-16(14)17/h6-9,13,15,19H,5,10-12H2,1-4H3. The van der Waals surface area contributed by atoms with Crippen LogP contribution in [0.5, 0.6) is 0 Å². The predicted molar refractivity (Wildman–Crippen MR) is 93.3 cm³/mol. The normalized spacial score (nSPS) is 13.7. The number of fused-ring (bicyclic) bond motifs is 1. The first-order valence-electron chi connectivity index (χ1n) is 7.82. The predicted octanol–water partition coefficient (Wildman–Crippen LogP) is 4.63. The average molecular weight is 305 g/mol. The summed E-state index contributed by atoms with van der Waals surface area (Å²) >= 11 is 1.83. The molecule has 3 heteroatoms. The fourth-order valence-electron chi connectivity index (χ4n) is 2.35. The van der Waals surface area contributed by atoms with E-state index >= 15 is 0 Å². The van der Waals surface area contributed by atoms with Crippen LogP contribution in [0.4, 0.5) is 0 Å². The maximum atomic E-state index is 5.99. The molecule has 2 nitrogen and oxygen atoms in total. The number of thiophene rings is 1. The second-order valence-electron chi connectivity index (χ2n) is 6.54. The SMILES string of the molecule is CCCNC(COC(C)(C)C)Cc1csc2ccccc12. The Balaban J connectivity index is 2.06. The molecule has 116 valence electrons. The van der Waals surface area contributed by atoms with Gasteiger partial charge in [0.25, 0.3) is 0 Å². The van der Waals surface area contributed by atoms with Gasteiger partial charge in [0.1, 0.15) is 0 Å². The van der Waals surface area contributed by atoms with Crippen molar-refractivity contribution in [1.29, 1.82) is 0 Å². The van der Waals surface area contributed by atoms with Crippen molar-refractivity contribution < 1.29 is 4.74 Å². The van der Waals surface area contributed by atoms with Crippen LogP contribution in [-0.4, -0.2) is 24.8 Å². The molecule has 2 rings (SSSR count). The van der Waals surface area contributed by atoms with E-state index in [1.165, 1.54) is 15.6 Å². The molecule has 0 spiro atoms. The number of ether oxygens (including phenoxy) is 1. The highest BCUT2D eigenvalue weighted by atomic mass is 32.1. The van der Waals surface area contributed by atoms with Crippen LogP contribution in [0.3, 0.4) is 0 Å². The monoisotopic (exact) mass is 305 g/mol. The molecule has 1 aromatic heterocycles. The van der Waals surface area contributed by atoms with Crippen molar-refractivity contribution in [2.24, 2.45) is 0 Å². The van der Waals surface area contributed by atoms with Gasteiger partial charge in [0.15, 0.2) is 0 Å². The van der Waals surface area contributed by atoms with Crippen LogP contribution in [0.2, 0.25) is 0 Å². The number of nitrogens with one attached hydrogen (secondary N) is 1. The Kier molecular flexibility index (Phi) is 5.80. The lowest BCUT2D eigenvalue weighted by Crippen LogP contribution is -2.38. The van der Waals surface area contributed by atoms with Crippen LogP contribution in [0, 0.1) is 0 Å². The quantitative estimate of drug-likeness (QED) is 0.805. The first kappa shape index (κ1) is 16.5. The molecule has 0 bridgehead atoms. The van der Waals surface area contributed by atoms with E-state index < -0.39 is 0 Å². The zero-order valence-electron chi connectivity index (χ0n) is 13.6. The maximum absolute atomic E-state index is 5.99. The van der Waals surface area contributed by atoms with Gasteiger partial charge >= 0.3 is 0 Å². The molecule has 0 aliphatic rings. The highest BCUT2D eigenvalue weighted by molar-refractivity contribution is 7.17. The van der Waals surface area contributed by atoms with E-state index in [4.69, 9.17) is 4.74 Å². The van der Waals surface area contributed by atoms with Crippen molar-refractivity contribution in [1.82, 2.24) is 5.32 Å². The second-order valence-corrected chi connectivity index (χ2v) is 7.45. The van der Waals surface area contributed by atoms with E-state index in [1.54, 1.807) is 0 Å². The van der Waals surface area contributed by atoms with Crippen LogP contribution in [0.15, 0.2) is 29.6 Å². The Hall–Kier alpha value is -0.900. The zero-order chi connectivity index (χ0) is 15.3. The number of hydrogen-bond acceptors (Lipinski definition) is 3. The van der Waals surface area contributed by atoms with Gasteiger partial charge in [0.05, 0.1) is 12.2 Å². The van der Waals surface area contributed by atoms with Crippen molar-refractivity contribution in [3.63, 3.8) is 0 Å². The molecule has 0 saturated carbocycles. The molecule has 0 radical (unpaired) electrons. The lowest BCUT2D eigenvalue weighted by molar-refractivity contribution is -0.0142. The summed E-state index contributed by atoms with van der Waals surface area (Å²) in [5, 5.41) is 7.31. The summed E-state index contributed by atoms with van der Waals surface area (Å²) in [4.78, 5) is 0. The van der Waals surface area contributed by atoms with E-state index in [9.17, 15) is 0 Å². The first-order chi connectivity index (χ1) is 9.99. The zero-order valence-corrected chi connectivity index (χ0v) is 14.4. The van der Waals surface area contributed by atoms with Crippen LogP contribution >= 0.6 is 11.3 Å². The highest BCUT2D eigenvalue weighted by Crippen LogP contribution is 2.26. The molecule has 1 heterocycles. The van der Waals surface area contributed by atoms with E-state index in [0.717, 1.165) is 26.0 Å². The summed E-state index contributed by atoms with van der Waals surface area (Å²) < 4.78 is 7.36. The second kappa shape index (κ2) is 7.39. The Morgan fingerprint density at radius 2 is 2.00 bits per heavy atom. The van der Waals surface area contributed by atoms with Crippen molar-refractivity contribution in [3.8, 4) is 0 Å². The van der Waals surface area contributed by atoms with Gasteiger partial charge in [-0.3, -0.25) is 0 Å². The van der Waals surface area contributed by atoms with Crippen molar-refractivity contribution >= 4 is 21.4 Å². The third-order valence-electron chi connectivity index (χ3n) is 3.43. The van der Waals surface area contributed by atoms with Crippen molar-refractivity contribution in [2.45, 2.75) is 52.2 Å². The lowest BCUT2D eigenvalue weighted by Gasteiger charge is -2.25. The van der Waals surface area contributed by atoms with Crippen LogP contribution in [0.1, 0.15) is 39.7 Å². The molecule has 0 aliphatic carbocycles. The average Bonchev–Trinajstić information content (AvgIpc) is 2.84. The largest absolute Gasteiger partial charge is 0.374 e. The number of benzene rings is 1. The van der Waals surface area contributed by atoms with Crippen molar-refractivity contribution in [2.75, 3.05) is 13.2 Å². The van der Waals surface area contributed by atoms with E-state index in [1.807, 2.05) is 11.3 Å². The summed E-state index contributed by atoms with van der Waals surface area (Å²) in [7, 11) is 0. The minimum absolute atomic E-state index is 0.0805. The Labute approximate surface area is 132 Å². The van der Waals surface area contributed by atoms with Crippen LogP contribution in [-0.2, 0) is 11.2 Å². The number of hydrogen-bond donors (Lipinski definition) is 1. The molecule has 0 amide bonds. The Bertz CT molecular complexity index is 556. The Morgan fingerprint density at radius 3 is 2.71 bits per heavy atom. The Morgan fingerprint density at radius 1 is 1.24 bits per heavy atom. The molecular weight excluding hydrogens is 278 g/mol. The van der Waals surface area contributed by atoms with Crippen LogP contribution in [0.25, 0.3) is 10.1 Å². The third kappa shape index (κ3) is 5.10. The first-order valence-corrected chi connectivity index (χ1v) is 8.70. The fraction of sp³-hybridized carbons (Fsp3) is 0.556. The molecule has 0 fully saturated rings. The van der Waals surface area contributed by atoms with Gasteiger partial charge in [-0.1, -0.05) is 25.1 Å². The molecule has 0 aliphatic heterocycles. The molecule has 21 heavy (non-hydrogen) atoms. The summed E-state index contributed by atoms with van der Waals surface area (Å²) in [5.74, 6) is 0. The summed E-state index contributed by atoms with van der Waals surface area (Å²) in [5.41, 5.74) is 1.35. The van der Waals surface area contributed by atoms with Gasteiger partial charge in [-0.2, -0.15) is 0 Å². The smallest absolute Gasteiger partial charge is 0.0630 e. The summed E-state index contributed by atoms with van der Waals surface area (Å²) in [6.45, 7) is 10.3. The third-order valence-corrected chi connectivity index (χ3v) is 4.44. The maximum Gasteiger partial charge on any atom is 0.0630 e. The molecular formula is C18H27NOS. The molecule has 1 unspecified atom stereocenters. The van der Waals surface area contributed by atoms with Gasteiger partial charge in [0, 0.05) is 10.7 Å². The summed E-state index contributed by atoms with van der Waals surface area (Å²) in [6, 6.07) is 9.03. The molecule has 1 N–H and O–H groups in total. The van der Waals surface area contributed by atoms with Gasteiger partial charge in [-0.25, -0.2) is 0 Å². The topological polar surface area (TPSA) is 21.3 Å². The van der Waals surface area contributed by atoms with E-state index in [2.05, 4.69) is 62.7 Å². The van der Waals surface area contributed by atoms with Gasteiger partial charge in [-0.15, -0.1) is 11.3 Å². The van der Waals surface area contributed by atoms with E-state index in [-0.39, 0.29) is 5.60 Å². The number of rotatable bonds is 7. The molecule has 1 atom stereocenters. The molecule has 0 saturated heterocycles. The molecule has 2 aromatic rings. The van der Waals surface area contributed by atoms with Gasteiger partial charge in [-0.05, 0) is 62.6 Å². The minimum atomic E-state index is -0.0805. The van der Waals surface area contributed by atoms with Crippen molar-refractivity contribution in [3.05, 3.63) is 35.2 Å². The lowest BCUT2D eigenvalue weighted by atomic mass is 10.0.